The second-order valence-electron chi connectivity index (χ2n) is 4.12. The van der Waals surface area contributed by atoms with Crippen LogP contribution < -0.4 is 4.72 Å². The van der Waals surface area contributed by atoms with Crippen LogP contribution >= 0.6 is 15.9 Å². The van der Waals surface area contributed by atoms with E-state index in [9.17, 15) is 8.42 Å². The zero-order valence-electron chi connectivity index (χ0n) is 10.5. The molecule has 5 nitrogen and oxygen atoms in total. The Balaban J connectivity index is 2.10. The van der Waals surface area contributed by atoms with E-state index in [1.54, 1.807) is 0 Å². The highest BCUT2D eigenvalue weighted by Crippen LogP contribution is 2.12. The highest BCUT2D eigenvalue weighted by molar-refractivity contribution is 9.10. The summed E-state index contributed by atoms with van der Waals surface area (Å²) in [5.41, 5.74) is 1.41. The maximum Gasteiger partial charge on any atom is 0.258 e. The number of halogens is 1. The average Bonchev–Trinajstić information content (AvgIpc) is 2.45. The first-order valence-electron chi connectivity index (χ1n) is 5.81. The molecule has 0 amide bonds. The van der Waals surface area contributed by atoms with Crippen molar-refractivity contribution in [2.75, 3.05) is 0 Å². The fourth-order valence-electron chi connectivity index (χ4n) is 1.56. The van der Waals surface area contributed by atoms with Gasteiger partial charge in [-0.25, -0.2) is 18.1 Å². The summed E-state index contributed by atoms with van der Waals surface area (Å²) in [5.74, 6) is 0. The minimum absolute atomic E-state index is 0.0651. The van der Waals surface area contributed by atoms with Gasteiger partial charge in [0.2, 0.25) is 0 Å². The molecule has 2 rings (SSSR count). The molecule has 2 N–H and O–H groups in total. The largest absolute Gasteiger partial charge is 0.392 e. The zero-order chi connectivity index (χ0) is 14.6. The van der Waals surface area contributed by atoms with Crippen molar-refractivity contribution in [1.29, 1.82) is 0 Å². The molecule has 0 radical (unpaired) electrons. The van der Waals surface area contributed by atoms with Crippen LogP contribution in [-0.2, 0) is 23.2 Å². The average molecular weight is 357 g/mol. The number of hydrogen-bond acceptors (Lipinski definition) is 4. The molecule has 106 valence electrons. The van der Waals surface area contributed by atoms with Crippen LogP contribution in [0.2, 0.25) is 0 Å². The normalized spacial score (nSPS) is 11.5. The zero-order valence-corrected chi connectivity index (χ0v) is 12.9. The fourth-order valence-corrected chi connectivity index (χ4v) is 2.95. The van der Waals surface area contributed by atoms with Gasteiger partial charge in [0.1, 0.15) is 0 Å². The quantitative estimate of drug-likeness (QED) is 0.856. The maximum atomic E-state index is 12.0. The first kappa shape index (κ1) is 15.1. The van der Waals surface area contributed by atoms with Gasteiger partial charge in [-0.15, -0.1) is 0 Å². The Morgan fingerprint density at radius 2 is 2.00 bits per heavy atom. The van der Waals surface area contributed by atoms with E-state index in [-0.39, 0.29) is 18.2 Å². The number of sulfonamides is 1. The number of nitrogens with zero attached hydrogens (tertiary/aromatic N) is 1. The molecule has 2 aromatic rings. The van der Waals surface area contributed by atoms with Gasteiger partial charge in [0.05, 0.1) is 6.61 Å². The molecule has 0 aliphatic carbocycles. The van der Waals surface area contributed by atoms with Gasteiger partial charge in [0.25, 0.3) is 10.0 Å². The molecular formula is C13H13BrN2O3S. The Kier molecular flexibility index (Phi) is 4.87. The number of hydrogen-bond donors (Lipinski definition) is 2. The van der Waals surface area contributed by atoms with Crippen molar-refractivity contribution in [3.05, 3.63) is 58.2 Å². The third-order valence-corrected chi connectivity index (χ3v) is 4.42. The molecule has 1 heterocycles. The second-order valence-corrected chi connectivity index (χ2v) is 6.75. The third-order valence-electron chi connectivity index (χ3n) is 2.61. The van der Waals surface area contributed by atoms with Crippen molar-refractivity contribution in [2.45, 2.75) is 18.2 Å². The monoisotopic (exact) mass is 356 g/mol. The van der Waals surface area contributed by atoms with Crippen molar-refractivity contribution in [2.24, 2.45) is 0 Å². The molecule has 0 aliphatic rings. The predicted octanol–water partition coefficient (Wildman–Crippen LogP) is 1.81. The van der Waals surface area contributed by atoms with Gasteiger partial charge in [-0.3, -0.25) is 0 Å². The second kappa shape index (κ2) is 6.45. The van der Waals surface area contributed by atoms with Gasteiger partial charge in [0.15, 0.2) is 5.03 Å². The summed E-state index contributed by atoms with van der Waals surface area (Å²) < 4.78 is 27.5. The topological polar surface area (TPSA) is 79.3 Å². The van der Waals surface area contributed by atoms with Crippen LogP contribution in [0.3, 0.4) is 0 Å². The molecule has 7 heteroatoms. The van der Waals surface area contributed by atoms with E-state index in [4.69, 9.17) is 5.11 Å². The molecule has 0 atom stereocenters. The lowest BCUT2D eigenvalue weighted by atomic mass is 10.2. The lowest BCUT2D eigenvalue weighted by molar-refractivity contribution is 0.281. The van der Waals surface area contributed by atoms with Gasteiger partial charge < -0.3 is 5.11 Å². The number of aromatic nitrogens is 1. The van der Waals surface area contributed by atoms with E-state index < -0.39 is 10.0 Å². The smallest absolute Gasteiger partial charge is 0.258 e. The van der Waals surface area contributed by atoms with E-state index in [0.717, 1.165) is 10.0 Å². The molecule has 0 saturated heterocycles. The van der Waals surface area contributed by atoms with Gasteiger partial charge in [-0.2, -0.15) is 0 Å². The summed E-state index contributed by atoms with van der Waals surface area (Å²) >= 11 is 3.33. The minimum atomic E-state index is -3.65. The van der Waals surface area contributed by atoms with E-state index in [1.807, 2.05) is 24.3 Å². The Morgan fingerprint density at radius 1 is 1.20 bits per heavy atom. The molecule has 0 saturated carbocycles. The standard InChI is InChI=1S/C13H13BrN2O3S/c14-12-3-1-2-10(6-12)8-16-20(18,19)13-5-4-11(9-17)7-15-13/h1-7,16-17H,8-9H2. The van der Waals surface area contributed by atoms with Crippen LogP contribution in [0.5, 0.6) is 0 Å². The number of rotatable bonds is 5. The third kappa shape index (κ3) is 3.86. The van der Waals surface area contributed by atoms with Crippen LogP contribution in [0.1, 0.15) is 11.1 Å². The van der Waals surface area contributed by atoms with Crippen molar-refractivity contribution in [3.63, 3.8) is 0 Å². The van der Waals surface area contributed by atoms with E-state index in [2.05, 4.69) is 25.6 Å². The molecule has 1 aromatic heterocycles. The molecule has 1 aromatic carbocycles. The Bertz CT molecular complexity index is 687. The first-order valence-corrected chi connectivity index (χ1v) is 8.09. The van der Waals surface area contributed by atoms with Crippen molar-refractivity contribution < 1.29 is 13.5 Å². The number of aliphatic hydroxyl groups excluding tert-OH is 1. The molecule has 0 fully saturated rings. The van der Waals surface area contributed by atoms with Crippen LogP contribution in [0.15, 0.2) is 52.1 Å². The summed E-state index contributed by atoms with van der Waals surface area (Å²) in [6.45, 7) is 0.0179. The number of nitrogens with one attached hydrogen (secondary N) is 1. The molecule has 0 unspecified atom stereocenters. The SMILES string of the molecule is O=S(=O)(NCc1cccc(Br)c1)c1ccc(CO)cn1. The number of pyridine rings is 1. The predicted molar refractivity (Wildman–Crippen MR) is 78.3 cm³/mol. The lowest BCUT2D eigenvalue weighted by Gasteiger charge is -2.07. The summed E-state index contributed by atoms with van der Waals surface area (Å²) in [6.07, 6.45) is 1.34. The molecule has 0 spiro atoms. The maximum absolute atomic E-state index is 12.0. The van der Waals surface area contributed by atoms with Crippen molar-refractivity contribution >= 4 is 26.0 Å². The van der Waals surface area contributed by atoms with Gasteiger partial charge in [0, 0.05) is 17.2 Å². The van der Waals surface area contributed by atoms with E-state index in [1.165, 1.54) is 18.3 Å². The van der Waals surface area contributed by atoms with Crippen molar-refractivity contribution in [1.82, 2.24) is 9.71 Å². The Hall–Kier alpha value is -1.28. The van der Waals surface area contributed by atoms with Gasteiger partial charge >= 0.3 is 0 Å². The first-order chi connectivity index (χ1) is 9.51. The molecule has 20 heavy (non-hydrogen) atoms. The summed E-state index contributed by atoms with van der Waals surface area (Å²) in [5, 5.41) is 8.83. The highest BCUT2D eigenvalue weighted by Gasteiger charge is 2.15. The van der Waals surface area contributed by atoms with Gasteiger partial charge in [-0.1, -0.05) is 34.1 Å². The van der Waals surface area contributed by atoms with Gasteiger partial charge in [-0.05, 0) is 29.3 Å². The van der Waals surface area contributed by atoms with Crippen LogP contribution in [0, 0.1) is 0 Å². The van der Waals surface area contributed by atoms with Crippen LogP contribution in [0.4, 0.5) is 0 Å². The molecule has 0 bridgehead atoms. The summed E-state index contributed by atoms with van der Waals surface area (Å²) in [6, 6.07) is 10.3. The lowest BCUT2D eigenvalue weighted by Crippen LogP contribution is -2.24. The number of benzene rings is 1. The number of aliphatic hydroxyl groups is 1. The van der Waals surface area contributed by atoms with Crippen molar-refractivity contribution in [3.8, 4) is 0 Å². The summed E-state index contributed by atoms with van der Waals surface area (Å²) in [4.78, 5) is 3.83. The minimum Gasteiger partial charge on any atom is -0.392 e. The summed E-state index contributed by atoms with van der Waals surface area (Å²) in [7, 11) is -3.65. The Labute approximate surface area is 125 Å². The molecular weight excluding hydrogens is 344 g/mol. The molecule has 0 aliphatic heterocycles. The fraction of sp³-hybridized carbons (Fsp3) is 0.154. The van der Waals surface area contributed by atoms with Crippen LogP contribution in [-0.4, -0.2) is 18.5 Å². The van der Waals surface area contributed by atoms with E-state index in [0.29, 0.717) is 5.56 Å². The van der Waals surface area contributed by atoms with Crippen LogP contribution in [0.25, 0.3) is 0 Å². The highest BCUT2D eigenvalue weighted by atomic mass is 79.9. The van der Waals surface area contributed by atoms with E-state index >= 15 is 0 Å². The Morgan fingerprint density at radius 3 is 2.60 bits per heavy atom.